The van der Waals surface area contributed by atoms with Gasteiger partial charge in [0.1, 0.15) is 11.0 Å². The van der Waals surface area contributed by atoms with Gasteiger partial charge in [-0.3, -0.25) is 0 Å². The van der Waals surface area contributed by atoms with Crippen LogP contribution in [0.25, 0.3) is 0 Å². The van der Waals surface area contributed by atoms with E-state index in [1.807, 2.05) is 11.6 Å². The molecule has 0 aliphatic carbocycles. The van der Waals surface area contributed by atoms with Crippen molar-refractivity contribution in [1.29, 1.82) is 0 Å². The van der Waals surface area contributed by atoms with Crippen molar-refractivity contribution in [2.24, 2.45) is 4.99 Å². The molecule has 3 heterocycles. The summed E-state index contributed by atoms with van der Waals surface area (Å²) in [6, 6.07) is 0.257. The third-order valence-corrected chi connectivity index (χ3v) is 3.72. The fraction of sp³-hybridized carbons (Fsp3) is 0.250. The molecule has 0 fully saturated rings. The van der Waals surface area contributed by atoms with E-state index in [4.69, 9.17) is 0 Å². The van der Waals surface area contributed by atoms with Gasteiger partial charge in [0.15, 0.2) is 5.17 Å². The van der Waals surface area contributed by atoms with E-state index >= 15 is 0 Å². The molecule has 66 valence electrons. The van der Waals surface area contributed by atoms with E-state index in [1.165, 1.54) is 0 Å². The van der Waals surface area contributed by atoms with Crippen molar-refractivity contribution >= 4 is 28.3 Å². The van der Waals surface area contributed by atoms with Gasteiger partial charge in [-0.1, -0.05) is 11.8 Å². The van der Waals surface area contributed by atoms with Crippen molar-refractivity contribution in [2.45, 2.75) is 6.04 Å². The minimum atomic E-state index is 0.257. The summed E-state index contributed by atoms with van der Waals surface area (Å²) in [5.74, 6) is 0. The average molecular weight is 209 g/mol. The molecule has 1 aromatic rings. The highest BCUT2D eigenvalue weighted by atomic mass is 32.2. The van der Waals surface area contributed by atoms with E-state index < -0.39 is 0 Å². The number of aromatic nitrogens is 1. The van der Waals surface area contributed by atoms with E-state index in [0.717, 1.165) is 16.7 Å². The lowest BCUT2D eigenvalue weighted by atomic mass is 10.3. The number of rotatable bonds is 1. The molecule has 0 N–H and O–H groups in total. The first-order valence-corrected chi connectivity index (χ1v) is 5.76. The molecule has 1 unspecified atom stereocenters. The van der Waals surface area contributed by atoms with Crippen LogP contribution in [0.15, 0.2) is 28.2 Å². The highest BCUT2D eigenvalue weighted by Gasteiger charge is 2.28. The summed E-state index contributed by atoms with van der Waals surface area (Å²) in [7, 11) is 0. The van der Waals surface area contributed by atoms with Crippen molar-refractivity contribution in [2.75, 3.05) is 6.54 Å². The van der Waals surface area contributed by atoms with Crippen LogP contribution >= 0.6 is 23.1 Å². The fourth-order valence-corrected chi connectivity index (χ4v) is 2.89. The lowest BCUT2D eigenvalue weighted by Crippen LogP contribution is -2.15. The molecule has 0 saturated heterocycles. The molecule has 0 bridgehead atoms. The van der Waals surface area contributed by atoms with Gasteiger partial charge in [0, 0.05) is 17.8 Å². The van der Waals surface area contributed by atoms with Crippen LogP contribution < -0.4 is 0 Å². The molecular weight excluding hydrogens is 202 g/mol. The van der Waals surface area contributed by atoms with Gasteiger partial charge in [0.2, 0.25) is 0 Å². The molecular formula is C8H7N3S2. The van der Waals surface area contributed by atoms with Gasteiger partial charge >= 0.3 is 0 Å². The van der Waals surface area contributed by atoms with Crippen LogP contribution in [-0.4, -0.2) is 21.6 Å². The second-order valence-electron chi connectivity index (χ2n) is 2.85. The SMILES string of the molecule is C1=CN2CC(c3nccs3)N=C2S1. The Morgan fingerprint density at radius 2 is 2.54 bits per heavy atom. The van der Waals surface area contributed by atoms with E-state index in [9.17, 15) is 0 Å². The Morgan fingerprint density at radius 3 is 3.31 bits per heavy atom. The van der Waals surface area contributed by atoms with Gasteiger partial charge < -0.3 is 4.90 Å². The maximum Gasteiger partial charge on any atom is 0.168 e. The molecule has 0 amide bonds. The summed E-state index contributed by atoms with van der Waals surface area (Å²) in [4.78, 5) is 11.0. The monoisotopic (exact) mass is 209 g/mol. The van der Waals surface area contributed by atoms with Crippen LogP contribution in [0, 0.1) is 0 Å². The zero-order valence-electron chi connectivity index (χ0n) is 6.75. The van der Waals surface area contributed by atoms with Crippen molar-refractivity contribution < 1.29 is 0 Å². The summed E-state index contributed by atoms with van der Waals surface area (Å²) in [5.41, 5.74) is 0. The molecule has 0 saturated carbocycles. The van der Waals surface area contributed by atoms with E-state index in [-0.39, 0.29) is 6.04 Å². The van der Waals surface area contributed by atoms with Crippen LogP contribution in [-0.2, 0) is 0 Å². The molecule has 2 aliphatic heterocycles. The third-order valence-electron chi connectivity index (χ3n) is 2.03. The number of fused-ring (bicyclic) bond motifs is 1. The van der Waals surface area contributed by atoms with E-state index in [0.29, 0.717) is 0 Å². The van der Waals surface area contributed by atoms with Gasteiger partial charge in [-0.15, -0.1) is 11.3 Å². The van der Waals surface area contributed by atoms with Gasteiger partial charge in [-0.05, 0) is 5.41 Å². The molecule has 2 aliphatic rings. The first-order chi connectivity index (χ1) is 6.43. The molecule has 1 atom stereocenters. The summed E-state index contributed by atoms with van der Waals surface area (Å²) in [5, 5.41) is 6.30. The minimum Gasteiger partial charge on any atom is -0.324 e. The topological polar surface area (TPSA) is 28.5 Å². The van der Waals surface area contributed by atoms with Gasteiger partial charge in [-0.2, -0.15) is 0 Å². The lowest BCUT2D eigenvalue weighted by molar-refractivity contribution is 0.557. The van der Waals surface area contributed by atoms with Crippen molar-refractivity contribution in [3.05, 3.63) is 28.2 Å². The molecule has 13 heavy (non-hydrogen) atoms. The fourth-order valence-electron chi connectivity index (χ4n) is 1.43. The van der Waals surface area contributed by atoms with Crippen molar-refractivity contribution in [1.82, 2.24) is 9.88 Å². The maximum absolute atomic E-state index is 4.58. The summed E-state index contributed by atoms with van der Waals surface area (Å²) < 4.78 is 0. The normalized spacial score (nSPS) is 25.1. The Bertz CT molecular complexity index is 369. The Kier molecular flexibility index (Phi) is 1.66. The third kappa shape index (κ3) is 1.19. The lowest BCUT2D eigenvalue weighted by Gasteiger charge is -2.07. The van der Waals surface area contributed by atoms with Crippen LogP contribution in [0.2, 0.25) is 0 Å². The predicted molar refractivity (Wildman–Crippen MR) is 55.7 cm³/mol. The molecule has 3 rings (SSSR count). The largest absolute Gasteiger partial charge is 0.324 e. The first-order valence-electron chi connectivity index (χ1n) is 4.00. The van der Waals surface area contributed by atoms with E-state index in [1.54, 1.807) is 23.1 Å². The van der Waals surface area contributed by atoms with Gasteiger partial charge in [0.05, 0.1) is 6.54 Å². The van der Waals surface area contributed by atoms with E-state index in [2.05, 4.69) is 26.5 Å². The number of amidine groups is 1. The molecule has 0 aromatic carbocycles. The number of aliphatic imine (C=N–C) groups is 1. The van der Waals surface area contributed by atoms with Crippen LogP contribution in [0.3, 0.4) is 0 Å². The van der Waals surface area contributed by atoms with Crippen LogP contribution in [0.1, 0.15) is 11.0 Å². The zero-order chi connectivity index (χ0) is 8.67. The first kappa shape index (κ1) is 7.58. The van der Waals surface area contributed by atoms with Gasteiger partial charge in [0.25, 0.3) is 0 Å². The highest BCUT2D eigenvalue weighted by Crippen LogP contribution is 2.33. The standard InChI is InChI=1S/C8H7N3S2/c1-3-12-7(9-1)6-5-11-2-4-13-8(11)10-6/h1-4,6H,5H2. The minimum absolute atomic E-state index is 0.257. The van der Waals surface area contributed by atoms with Crippen molar-refractivity contribution in [3.63, 3.8) is 0 Å². The molecule has 5 heteroatoms. The second-order valence-corrected chi connectivity index (χ2v) is 4.65. The summed E-state index contributed by atoms with van der Waals surface area (Å²) in [6.45, 7) is 0.951. The Morgan fingerprint density at radius 1 is 1.54 bits per heavy atom. The van der Waals surface area contributed by atoms with Gasteiger partial charge in [-0.25, -0.2) is 9.98 Å². The maximum atomic E-state index is 4.58. The van der Waals surface area contributed by atoms with Crippen LogP contribution in [0.4, 0.5) is 0 Å². The average Bonchev–Trinajstić information content (AvgIpc) is 2.78. The Labute approximate surface area is 84.2 Å². The number of hydrogen-bond acceptors (Lipinski definition) is 5. The smallest absolute Gasteiger partial charge is 0.168 e. The summed E-state index contributed by atoms with van der Waals surface area (Å²) in [6.07, 6.45) is 3.92. The number of hydrogen-bond donors (Lipinski definition) is 0. The number of nitrogens with zero attached hydrogens (tertiary/aromatic N) is 3. The highest BCUT2D eigenvalue weighted by molar-refractivity contribution is 8.16. The van der Waals surface area contributed by atoms with Crippen LogP contribution in [0.5, 0.6) is 0 Å². The molecule has 1 aromatic heterocycles. The zero-order valence-corrected chi connectivity index (χ0v) is 8.38. The molecule has 3 nitrogen and oxygen atoms in total. The molecule has 0 spiro atoms. The predicted octanol–water partition coefficient (Wildman–Crippen LogP) is 2.07. The number of thiazole rings is 1. The quantitative estimate of drug-likeness (QED) is 0.709. The van der Waals surface area contributed by atoms with Crippen molar-refractivity contribution in [3.8, 4) is 0 Å². The Balaban J connectivity index is 1.88. The summed E-state index contributed by atoms with van der Waals surface area (Å²) >= 11 is 3.37. The second kappa shape index (κ2) is 2.85. The molecule has 0 radical (unpaired) electrons. The number of thioether (sulfide) groups is 1. The Hall–Kier alpha value is -0.810.